The van der Waals surface area contributed by atoms with Crippen LogP contribution in [-0.4, -0.2) is 20.2 Å². The second-order valence-corrected chi connectivity index (χ2v) is 4.90. The van der Waals surface area contributed by atoms with E-state index >= 15 is 0 Å². The van der Waals surface area contributed by atoms with Gasteiger partial charge in [0.25, 0.3) is 6.43 Å². The van der Waals surface area contributed by atoms with Crippen molar-refractivity contribution in [1.82, 2.24) is 5.32 Å². The fourth-order valence-corrected chi connectivity index (χ4v) is 2.65. The molecule has 1 saturated heterocycles. The summed E-state index contributed by atoms with van der Waals surface area (Å²) in [7, 11) is 1.35. The number of ether oxygens (including phenoxy) is 1. The lowest BCUT2D eigenvalue weighted by Crippen LogP contribution is -2.31. The highest BCUT2D eigenvalue weighted by Crippen LogP contribution is 2.34. The predicted octanol–water partition coefficient (Wildman–Crippen LogP) is 3.31. The van der Waals surface area contributed by atoms with E-state index in [2.05, 4.69) is 5.32 Å². The average molecular weight is 273 g/mol. The Labute approximate surface area is 111 Å². The summed E-state index contributed by atoms with van der Waals surface area (Å²) in [5.41, 5.74) is 0.174. The molecule has 1 atom stereocenters. The minimum absolute atomic E-state index is 0.127. The standard InChI is InChI=1S/C14H18F3NO/c1-19-13-10(5-9-3-2-4-18-8-9)6-11(15)7-12(13)14(16)17/h6-7,9,14,18H,2-5,8H2,1H3. The molecule has 0 aromatic heterocycles. The first-order valence-electron chi connectivity index (χ1n) is 6.47. The van der Waals surface area contributed by atoms with E-state index in [1.54, 1.807) is 0 Å². The largest absolute Gasteiger partial charge is 0.496 e. The summed E-state index contributed by atoms with van der Waals surface area (Å²) in [6.07, 6.45) is -0.0807. The molecule has 1 aromatic carbocycles. The Morgan fingerprint density at radius 2 is 2.21 bits per heavy atom. The Kier molecular flexibility index (Phi) is 4.69. The fourth-order valence-electron chi connectivity index (χ4n) is 2.65. The fraction of sp³-hybridized carbons (Fsp3) is 0.571. The number of nitrogens with one attached hydrogen (secondary N) is 1. The molecule has 0 bridgehead atoms. The van der Waals surface area contributed by atoms with Crippen LogP contribution in [0.2, 0.25) is 0 Å². The van der Waals surface area contributed by atoms with Gasteiger partial charge in [0.1, 0.15) is 11.6 Å². The summed E-state index contributed by atoms with van der Waals surface area (Å²) in [6.45, 7) is 1.82. The van der Waals surface area contributed by atoms with Gasteiger partial charge in [-0.2, -0.15) is 0 Å². The topological polar surface area (TPSA) is 21.3 Å². The number of hydrogen-bond acceptors (Lipinski definition) is 2. The van der Waals surface area contributed by atoms with Crippen LogP contribution in [-0.2, 0) is 6.42 Å². The van der Waals surface area contributed by atoms with Gasteiger partial charge in [0.2, 0.25) is 0 Å². The molecule has 0 spiro atoms. The minimum atomic E-state index is -2.73. The van der Waals surface area contributed by atoms with Gasteiger partial charge >= 0.3 is 0 Å². The van der Waals surface area contributed by atoms with Crippen LogP contribution in [0.5, 0.6) is 5.75 Å². The number of hydrogen-bond donors (Lipinski definition) is 1. The zero-order chi connectivity index (χ0) is 13.8. The van der Waals surface area contributed by atoms with Crippen molar-refractivity contribution in [1.29, 1.82) is 0 Å². The zero-order valence-electron chi connectivity index (χ0n) is 10.9. The van der Waals surface area contributed by atoms with E-state index in [4.69, 9.17) is 4.74 Å². The highest BCUT2D eigenvalue weighted by atomic mass is 19.3. The normalized spacial score (nSPS) is 19.7. The summed E-state index contributed by atoms with van der Waals surface area (Å²) in [6, 6.07) is 2.16. The Morgan fingerprint density at radius 3 is 2.79 bits per heavy atom. The Bertz CT molecular complexity index is 431. The third-order valence-corrected chi connectivity index (χ3v) is 3.51. The quantitative estimate of drug-likeness (QED) is 0.908. The molecular weight excluding hydrogens is 255 g/mol. The molecule has 1 aliphatic rings. The number of methoxy groups -OCH3 is 1. The van der Waals surface area contributed by atoms with Gasteiger partial charge in [-0.1, -0.05) is 0 Å². The lowest BCUT2D eigenvalue weighted by molar-refractivity contribution is 0.146. The molecule has 0 aliphatic carbocycles. The summed E-state index contributed by atoms with van der Waals surface area (Å²) in [4.78, 5) is 0. The van der Waals surface area contributed by atoms with Gasteiger partial charge in [0.05, 0.1) is 12.7 Å². The summed E-state index contributed by atoms with van der Waals surface area (Å²) >= 11 is 0. The first kappa shape index (κ1) is 14.2. The number of rotatable bonds is 4. The maximum Gasteiger partial charge on any atom is 0.267 e. The van der Waals surface area contributed by atoms with E-state index in [0.29, 0.717) is 17.9 Å². The van der Waals surface area contributed by atoms with Crippen LogP contribution in [0.25, 0.3) is 0 Å². The maximum atomic E-state index is 13.5. The van der Waals surface area contributed by atoms with Gasteiger partial charge < -0.3 is 10.1 Å². The van der Waals surface area contributed by atoms with Gasteiger partial charge in [-0.15, -0.1) is 0 Å². The Balaban J connectivity index is 2.27. The molecular formula is C14H18F3NO. The molecule has 106 valence electrons. The molecule has 1 aromatic rings. The second kappa shape index (κ2) is 6.28. The third-order valence-electron chi connectivity index (χ3n) is 3.51. The lowest BCUT2D eigenvalue weighted by Gasteiger charge is -2.24. The number of benzene rings is 1. The van der Waals surface area contributed by atoms with Crippen LogP contribution < -0.4 is 10.1 Å². The molecule has 1 unspecified atom stereocenters. The van der Waals surface area contributed by atoms with E-state index in [1.807, 2.05) is 0 Å². The van der Waals surface area contributed by atoms with E-state index < -0.39 is 12.2 Å². The highest BCUT2D eigenvalue weighted by molar-refractivity contribution is 5.43. The lowest BCUT2D eigenvalue weighted by atomic mass is 9.91. The third kappa shape index (κ3) is 3.41. The molecule has 1 N–H and O–H groups in total. The van der Waals surface area contributed by atoms with Crippen molar-refractivity contribution in [3.63, 3.8) is 0 Å². The van der Waals surface area contributed by atoms with Crippen molar-refractivity contribution >= 4 is 0 Å². The zero-order valence-corrected chi connectivity index (χ0v) is 10.9. The number of halogens is 3. The van der Waals surface area contributed by atoms with Crippen molar-refractivity contribution in [3.8, 4) is 5.75 Å². The van der Waals surface area contributed by atoms with Crippen molar-refractivity contribution in [3.05, 3.63) is 29.1 Å². The van der Waals surface area contributed by atoms with Crippen LogP contribution in [0.3, 0.4) is 0 Å². The second-order valence-electron chi connectivity index (χ2n) is 4.90. The van der Waals surface area contributed by atoms with E-state index in [-0.39, 0.29) is 11.3 Å². The van der Waals surface area contributed by atoms with E-state index in [9.17, 15) is 13.2 Å². The molecule has 2 nitrogen and oxygen atoms in total. The number of alkyl halides is 2. The molecule has 1 heterocycles. The maximum absolute atomic E-state index is 13.5. The SMILES string of the molecule is COc1c(CC2CCCNC2)cc(F)cc1C(F)F. The summed E-state index contributed by atoms with van der Waals surface area (Å²) in [5, 5.41) is 3.26. The predicted molar refractivity (Wildman–Crippen MR) is 67.2 cm³/mol. The first-order valence-corrected chi connectivity index (χ1v) is 6.47. The summed E-state index contributed by atoms with van der Waals surface area (Å²) < 4.78 is 44.3. The van der Waals surface area contributed by atoms with Crippen molar-refractivity contribution in [2.24, 2.45) is 5.92 Å². The molecule has 2 rings (SSSR count). The van der Waals surface area contributed by atoms with Crippen molar-refractivity contribution < 1.29 is 17.9 Å². The van der Waals surface area contributed by atoms with Crippen LogP contribution in [0.1, 0.15) is 30.4 Å². The molecule has 0 amide bonds. The van der Waals surface area contributed by atoms with Crippen molar-refractivity contribution in [2.45, 2.75) is 25.7 Å². The molecule has 19 heavy (non-hydrogen) atoms. The molecule has 0 saturated carbocycles. The monoisotopic (exact) mass is 273 g/mol. The molecule has 0 radical (unpaired) electrons. The Morgan fingerprint density at radius 1 is 1.42 bits per heavy atom. The Hall–Kier alpha value is -1.23. The summed E-state index contributed by atoms with van der Waals surface area (Å²) in [5.74, 6) is -0.160. The smallest absolute Gasteiger partial charge is 0.267 e. The molecule has 1 aliphatic heterocycles. The van der Waals surface area contributed by atoms with Gasteiger partial charge in [-0.3, -0.25) is 0 Å². The van der Waals surface area contributed by atoms with Crippen LogP contribution >= 0.6 is 0 Å². The highest BCUT2D eigenvalue weighted by Gasteiger charge is 2.22. The average Bonchev–Trinajstić information content (AvgIpc) is 2.39. The van der Waals surface area contributed by atoms with Crippen LogP contribution in [0.15, 0.2) is 12.1 Å². The molecule has 1 fully saturated rings. The van der Waals surface area contributed by atoms with Crippen LogP contribution in [0, 0.1) is 11.7 Å². The van der Waals surface area contributed by atoms with Gasteiger partial charge in [-0.25, -0.2) is 13.2 Å². The molecule has 5 heteroatoms. The van der Waals surface area contributed by atoms with Crippen LogP contribution in [0.4, 0.5) is 13.2 Å². The first-order chi connectivity index (χ1) is 9.11. The van der Waals surface area contributed by atoms with Gasteiger partial charge in [0.15, 0.2) is 0 Å². The van der Waals surface area contributed by atoms with Crippen molar-refractivity contribution in [2.75, 3.05) is 20.2 Å². The van der Waals surface area contributed by atoms with Gasteiger partial charge in [-0.05, 0) is 56.0 Å². The van der Waals surface area contributed by atoms with E-state index in [0.717, 1.165) is 32.0 Å². The van der Waals surface area contributed by atoms with E-state index in [1.165, 1.54) is 13.2 Å². The number of piperidine rings is 1. The van der Waals surface area contributed by atoms with Gasteiger partial charge in [0, 0.05) is 0 Å². The minimum Gasteiger partial charge on any atom is -0.496 e.